The molecule has 0 unspecified atom stereocenters. The summed E-state index contributed by atoms with van der Waals surface area (Å²) in [6.07, 6.45) is 1.90. The van der Waals surface area contributed by atoms with Gasteiger partial charge < -0.3 is 4.57 Å². The molecule has 1 aliphatic rings. The number of rotatable bonds is 7. The number of urea groups is 1. The quantitative estimate of drug-likeness (QED) is 0.336. The van der Waals surface area contributed by atoms with Gasteiger partial charge >= 0.3 is 17.8 Å². The average Bonchev–Trinajstić information content (AvgIpc) is 3.25. The van der Waals surface area contributed by atoms with Crippen LogP contribution < -0.4 is 0 Å². The van der Waals surface area contributed by atoms with Gasteiger partial charge in [-0.15, -0.1) is 0 Å². The molecule has 8 heteroatoms. The van der Waals surface area contributed by atoms with Crippen LogP contribution in [0.15, 0.2) is 60.8 Å². The van der Waals surface area contributed by atoms with Crippen LogP contribution in [0.3, 0.4) is 0 Å². The minimum absolute atomic E-state index is 0.0393. The van der Waals surface area contributed by atoms with Gasteiger partial charge in [-0.2, -0.15) is 5.26 Å². The van der Waals surface area contributed by atoms with Crippen LogP contribution in [0.1, 0.15) is 22.3 Å². The molecule has 1 aliphatic heterocycles. The Kier molecular flexibility index (Phi) is 5.33. The van der Waals surface area contributed by atoms with Gasteiger partial charge in [0.15, 0.2) is 5.78 Å². The maximum Gasteiger partial charge on any atom is 0.334 e. The molecule has 154 valence electrons. The van der Waals surface area contributed by atoms with Crippen LogP contribution in [0.5, 0.6) is 0 Å². The van der Waals surface area contributed by atoms with Gasteiger partial charge in [-0.1, -0.05) is 48.5 Å². The van der Waals surface area contributed by atoms with Crippen molar-refractivity contribution in [2.24, 2.45) is 0 Å². The third kappa shape index (κ3) is 3.69. The van der Waals surface area contributed by atoms with Crippen LogP contribution in [-0.2, 0) is 22.7 Å². The minimum Gasteiger partial charge on any atom is -0.346 e. The van der Waals surface area contributed by atoms with E-state index in [2.05, 4.69) is 6.07 Å². The molecule has 31 heavy (non-hydrogen) atoms. The van der Waals surface area contributed by atoms with E-state index < -0.39 is 30.2 Å². The largest absolute Gasteiger partial charge is 0.346 e. The van der Waals surface area contributed by atoms with Crippen LogP contribution in [0.25, 0.3) is 10.9 Å². The van der Waals surface area contributed by atoms with Gasteiger partial charge in [0.25, 0.3) is 0 Å². The fourth-order valence-electron chi connectivity index (χ4n) is 3.65. The molecule has 2 heterocycles. The van der Waals surface area contributed by atoms with Crippen LogP contribution in [-0.4, -0.2) is 44.5 Å². The zero-order valence-electron chi connectivity index (χ0n) is 16.5. The maximum absolute atomic E-state index is 13.0. The highest BCUT2D eigenvalue weighted by Gasteiger charge is 2.45. The zero-order valence-corrected chi connectivity index (χ0v) is 16.5. The van der Waals surface area contributed by atoms with Crippen molar-refractivity contribution in [1.29, 1.82) is 5.26 Å². The summed E-state index contributed by atoms with van der Waals surface area (Å²) in [6.45, 7) is -0.154. The molecule has 2 aromatic carbocycles. The molecule has 0 atom stereocenters. The second-order valence-corrected chi connectivity index (χ2v) is 7.14. The lowest BCUT2D eigenvalue weighted by Crippen LogP contribution is -2.36. The van der Waals surface area contributed by atoms with Crippen molar-refractivity contribution in [3.8, 4) is 6.07 Å². The molecule has 8 nitrogen and oxygen atoms in total. The Bertz CT molecular complexity index is 1240. The van der Waals surface area contributed by atoms with Crippen molar-refractivity contribution in [1.82, 2.24) is 14.4 Å². The number of carbonyl (C=O) groups excluding carboxylic acids is 4. The first-order chi connectivity index (χ1) is 15.0. The minimum atomic E-state index is -1.01. The highest BCUT2D eigenvalue weighted by molar-refractivity contribution is 6.45. The lowest BCUT2D eigenvalue weighted by atomic mass is 10.1. The number of imide groups is 2. The zero-order chi connectivity index (χ0) is 22.0. The number of hydrogen-bond acceptors (Lipinski definition) is 5. The molecule has 3 aromatic rings. The number of nitriles is 1. The standard InChI is InChI=1S/C23H18N4O4/c24-11-6-12-25-14-18(17-9-4-5-10-19(17)25)20(28)15-27-22(30)21(29)26(23(27)31)13-16-7-2-1-3-8-16/h1-5,7-10,14H,6,12-13,15H2. The summed E-state index contributed by atoms with van der Waals surface area (Å²) in [5.41, 5.74) is 1.82. The van der Waals surface area contributed by atoms with Gasteiger partial charge in [0.2, 0.25) is 0 Å². The van der Waals surface area contributed by atoms with Gasteiger partial charge in [-0.05, 0) is 11.6 Å². The molecule has 0 bridgehead atoms. The van der Waals surface area contributed by atoms with Gasteiger partial charge in [-0.3, -0.25) is 19.3 Å². The number of fused-ring (bicyclic) bond motifs is 1. The topological polar surface area (TPSA) is 103 Å². The van der Waals surface area contributed by atoms with E-state index >= 15 is 0 Å². The highest BCUT2D eigenvalue weighted by atomic mass is 16.2. The number of carbonyl (C=O) groups is 4. The second-order valence-electron chi connectivity index (χ2n) is 7.14. The number of aromatic nitrogens is 1. The summed E-state index contributed by atoms with van der Waals surface area (Å²) in [4.78, 5) is 52.0. The van der Waals surface area contributed by atoms with Crippen LogP contribution in [0.2, 0.25) is 0 Å². The van der Waals surface area contributed by atoms with E-state index in [0.717, 1.165) is 10.4 Å². The Morgan fingerprint density at radius 1 is 0.903 bits per heavy atom. The second kappa shape index (κ2) is 8.24. The van der Waals surface area contributed by atoms with E-state index in [1.54, 1.807) is 53.2 Å². The van der Waals surface area contributed by atoms with E-state index in [0.29, 0.717) is 28.0 Å². The third-order valence-corrected chi connectivity index (χ3v) is 5.17. The number of amides is 4. The summed E-state index contributed by atoms with van der Waals surface area (Å²) < 4.78 is 1.80. The Balaban J connectivity index is 1.57. The van der Waals surface area contributed by atoms with Gasteiger partial charge in [-0.25, -0.2) is 9.69 Å². The first-order valence-electron chi connectivity index (χ1n) is 9.70. The maximum atomic E-state index is 13.0. The molecule has 4 rings (SSSR count). The Hall–Kier alpha value is -4.25. The van der Waals surface area contributed by atoms with E-state index in [9.17, 15) is 19.2 Å². The first kappa shape index (κ1) is 20.0. The number of aryl methyl sites for hydroxylation is 1. The van der Waals surface area contributed by atoms with Gasteiger partial charge in [0.05, 0.1) is 25.6 Å². The number of benzene rings is 2. The molecule has 1 saturated heterocycles. The number of hydrogen-bond donors (Lipinski definition) is 0. The number of para-hydroxylation sites is 1. The molecular weight excluding hydrogens is 396 g/mol. The predicted octanol–water partition coefficient (Wildman–Crippen LogP) is 2.73. The predicted molar refractivity (Wildman–Crippen MR) is 111 cm³/mol. The summed E-state index contributed by atoms with van der Waals surface area (Å²) in [5.74, 6) is -2.41. The fourth-order valence-corrected chi connectivity index (χ4v) is 3.65. The number of Topliss-reactive ketones (excluding diaryl/α,β-unsaturated/α-hetero) is 1. The summed E-state index contributed by atoms with van der Waals surface area (Å²) in [7, 11) is 0. The van der Waals surface area contributed by atoms with Gasteiger partial charge in [0, 0.05) is 29.2 Å². The Morgan fingerprint density at radius 2 is 1.58 bits per heavy atom. The lowest BCUT2D eigenvalue weighted by Gasteiger charge is -2.15. The molecule has 1 fully saturated rings. The lowest BCUT2D eigenvalue weighted by molar-refractivity contribution is -0.143. The first-order valence-corrected chi connectivity index (χ1v) is 9.70. The van der Waals surface area contributed by atoms with E-state index in [-0.39, 0.29) is 13.0 Å². The highest BCUT2D eigenvalue weighted by Crippen LogP contribution is 2.24. The van der Waals surface area contributed by atoms with Crippen molar-refractivity contribution < 1.29 is 19.2 Å². The van der Waals surface area contributed by atoms with E-state index in [4.69, 9.17) is 5.26 Å². The molecule has 0 saturated carbocycles. The molecule has 1 aromatic heterocycles. The molecule has 4 amide bonds. The van der Waals surface area contributed by atoms with E-state index in [1.807, 2.05) is 12.1 Å². The Labute approximate surface area is 177 Å². The van der Waals surface area contributed by atoms with Crippen LogP contribution in [0, 0.1) is 11.3 Å². The molecule has 0 spiro atoms. The summed E-state index contributed by atoms with van der Waals surface area (Å²) >= 11 is 0. The molecule has 0 N–H and O–H groups in total. The van der Waals surface area contributed by atoms with E-state index in [1.165, 1.54) is 0 Å². The molecule has 0 radical (unpaired) electrons. The van der Waals surface area contributed by atoms with Crippen molar-refractivity contribution in [2.75, 3.05) is 6.54 Å². The van der Waals surface area contributed by atoms with Crippen LogP contribution in [0.4, 0.5) is 4.79 Å². The SMILES string of the molecule is N#CCCn1cc(C(=O)CN2C(=O)C(=O)N(Cc3ccccc3)C2=O)c2ccccc21. The molecular formula is C23H18N4O4. The fraction of sp³-hybridized carbons (Fsp3) is 0.174. The normalized spacial score (nSPS) is 13.8. The van der Waals surface area contributed by atoms with Crippen molar-refractivity contribution in [2.45, 2.75) is 19.5 Å². The third-order valence-electron chi connectivity index (χ3n) is 5.17. The van der Waals surface area contributed by atoms with Gasteiger partial charge in [0.1, 0.15) is 0 Å². The van der Waals surface area contributed by atoms with Crippen molar-refractivity contribution in [3.63, 3.8) is 0 Å². The van der Waals surface area contributed by atoms with Crippen molar-refractivity contribution >= 4 is 34.5 Å². The Morgan fingerprint density at radius 3 is 2.32 bits per heavy atom. The number of nitrogens with zero attached hydrogens (tertiary/aromatic N) is 4. The van der Waals surface area contributed by atoms with Crippen LogP contribution >= 0.6 is 0 Å². The summed E-state index contributed by atoms with van der Waals surface area (Å²) in [5, 5.41) is 9.53. The molecule has 0 aliphatic carbocycles. The average molecular weight is 414 g/mol. The number of ketones is 1. The monoisotopic (exact) mass is 414 g/mol. The van der Waals surface area contributed by atoms with Crippen molar-refractivity contribution in [3.05, 3.63) is 71.9 Å². The summed E-state index contributed by atoms with van der Waals surface area (Å²) in [6, 6.07) is 17.3. The smallest absolute Gasteiger partial charge is 0.334 e.